The summed E-state index contributed by atoms with van der Waals surface area (Å²) in [5, 5.41) is 0. The van der Waals surface area contributed by atoms with Crippen LogP contribution in [0.1, 0.15) is 110 Å². The molecule has 1 atom stereocenters. The molecule has 0 saturated carbocycles. The monoisotopic (exact) mass is 267 g/mol. The van der Waals surface area contributed by atoms with Crippen molar-refractivity contribution in [3.63, 3.8) is 0 Å². The third-order valence-electron chi connectivity index (χ3n) is 4.25. The van der Waals surface area contributed by atoms with Gasteiger partial charge in [0.1, 0.15) is 0 Å². The molecule has 0 bridgehead atoms. The molecule has 0 saturated heterocycles. The zero-order valence-corrected chi connectivity index (χ0v) is 13.9. The van der Waals surface area contributed by atoms with E-state index in [0.29, 0.717) is 0 Å². The summed E-state index contributed by atoms with van der Waals surface area (Å²) in [5.74, 6) is 0.962. The van der Waals surface area contributed by atoms with E-state index in [4.69, 9.17) is 0 Å². The molecule has 0 heterocycles. The molecule has 1 unspecified atom stereocenters. The van der Waals surface area contributed by atoms with E-state index in [-0.39, 0.29) is 0 Å². The summed E-state index contributed by atoms with van der Waals surface area (Å²) in [5.41, 5.74) is 0. The summed E-state index contributed by atoms with van der Waals surface area (Å²) < 4.78 is 0. The van der Waals surface area contributed by atoms with E-state index in [1.165, 1.54) is 89.9 Å². The Bertz CT molecular complexity index is 150. The fourth-order valence-corrected chi connectivity index (χ4v) is 2.79. The van der Waals surface area contributed by atoms with Gasteiger partial charge in [0.25, 0.3) is 0 Å². The van der Waals surface area contributed by atoms with Gasteiger partial charge < -0.3 is 0 Å². The molecule has 0 nitrogen and oxygen atoms in total. The SMILES string of the molecule is [CH2]CCCCCCCC(C)CCCCCCCCC. The number of rotatable bonds is 15. The van der Waals surface area contributed by atoms with Gasteiger partial charge in [-0.3, -0.25) is 0 Å². The highest BCUT2D eigenvalue weighted by molar-refractivity contribution is 4.56. The maximum absolute atomic E-state index is 3.90. The van der Waals surface area contributed by atoms with Crippen LogP contribution in [0, 0.1) is 12.8 Å². The molecule has 0 spiro atoms. The Morgan fingerprint density at radius 3 is 1.53 bits per heavy atom. The number of unbranched alkanes of at least 4 members (excludes halogenated alkanes) is 11. The summed E-state index contributed by atoms with van der Waals surface area (Å²) in [6, 6.07) is 0. The quantitative estimate of drug-likeness (QED) is 0.272. The van der Waals surface area contributed by atoms with Gasteiger partial charge in [-0.1, -0.05) is 117 Å². The summed E-state index contributed by atoms with van der Waals surface area (Å²) in [4.78, 5) is 0. The van der Waals surface area contributed by atoms with Gasteiger partial charge in [-0.25, -0.2) is 0 Å². The molecule has 0 rings (SSSR count). The van der Waals surface area contributed by atoms with Crippen LogP contribution in [-0.4, -0.2) is 0 Å². The Morgan fingerprint density at radius 2 is 1.05 bits per heavy atom. The van der Waals surface area contributed by atoms with Gasteiger partial charge in [-0.2, -0.15) is 0 Å². The van der Waals surface area contributed by atoms with Crippen molar-refractivity contribution in [1.29, 1.82) is 0 Å². The van der Waals surface area contributed by atoms with E-state index >= 15 is 0 Å². The van der Waals surface area contributed by atoms with Crippen LogP contribution < -0.4 is 0 Å². The minimum atomic E-state index is 0.962. The lowest BCUT2D eigenvalue weighted by Gasteiger charge is -2.11. The van der Waals surface area contributed by atoms with Crippen LogP contribution in [-0.2, 0) is 0 Å². The Morgan fingerprint density at radius 1 is 0.632 bits per heavy atom. The molecule has 0 aromatic carbocycles. The summed E-state index contributed by atoms with van der Waals surface area (Å²) >= 11 is 0. The van der Waals surface area contributed by atoms with Crippen LogP contribution in [0.2, 0.25) is 0 Å². The Kier molecular flexibility index (Phi) is 16.1. The van der Waals surface area contributed by atoms with Crippen molar-refractivity contribution in [3.05, 3.63) is 6.92 Å². The number of hydrogen-bond donors (Lipinski definition) is 0. The Hall–Kier alpha value is 0. The van der Waals surface area contributed by atoms with Crippen molar-refractivity contribution in [3.8, 4) is 0 Å². The van der Waals surface area contributed by atoms with Crippen molar-refractivity contribution in [2.45, 2.75) is 110 Å². The average Bonchev–Trinajstić information content (AvgIpc) is 2.41. The Labute approximate surface area is 123 Å². The van der Waals surface area contributed by atoms with Crippen molar-refractivity contribution >= 4 is 0 Å². The lowest BCUT2D eigenvalue weighted by molar-refractivity contribution is 0.431. The predicted octanol–water partition coefficient (Wildman–Crippen LogP) is 7.33. The molecule has 0 amide bonds. The molecule has 115 valence electrons. The molecule has 0 N–H and O–H groups in total. The van der Waals surface area contributed by atoms with Crippen molar-refractivity contribution < 1.29 is 0 Å². The van der Waals surface area contributed by atoms with Crippen LogP contribution in [0.3, 0.4) is 0 Å². The molecule has 1 radical (unpaired) electrons. The van der Waals surface area contributed by atoms with Gasteiger partial charge in [0.15, 0.2) is 0 Å². The normalized spacial score (nSPS) is 12.8. The molecule has 0 aromatic rings. The van der Waals surface area contributed by atoms with Crippen LogP contribution in [0.25, 0.3) is 0 Å². The first-order chi connectivity index (χ1) is 9.31. The first kappa shape index (κ1) is 19.0. The molecule has 0 aromatic heterocycles. The maximum atomic E-state index is 3.90. The minimum absolute atomic E-state index is 0.962. The largest absolute Gasteiger partial charge is 0.0654 e. The molecule has 0 heteroatoms. The molecular formula is C19H39. The van der Waals surface area contributed by atoms with Crippen LogP contribution in [0.4, 0.5) is 0 Å². The van der Waals surface area contributed by atoms with E-state index < -0.39 is 0 Å². The number of hydrogen-bond acceptors (Lipinski definition) is 0. The first-order valence-electron chi connectivity index (χ1n) is 9.10. The molecule has 0 aliphatic rings. The third kappa shape index (κ3) is 15.9. The lowest BCUT2D eigenvalue weighted by atomic mass is 9.96. The lowest BCUT2D eigenvalue weighted by Crippen LogP contribution is -1.95. The fourth-order valence-electron chi connectivity index (χ4n) is 2.79. The summed E-state index contributed by atoms with van der Waals surface area (Å²) in [7, 11) is 0. The van der Waals surface area contributed by atoms with Gasteiger partial charge >= 0.3 is 0 Å². The van der Waals surface area contributed by atoms with E-state index in [9.17, 15) is 0 Å². The van der Waals surface area contributed by atoms with E-state index in [1.807, 2.05) is 0 Å². The van der Waals surface area contributed by atoms with Crippen molar-refractivity contribution in [1.82, 2.24) is 0 Å². The van der Waals surface area contributed by atoms with E-state index in [2.05, 4.69) is 20.8 Å². The van der Waals surface area contributed by atoms with E-state index in [0.717, 1.165) is 12.3 Å². The van der Waals surface area contributed by atoms with Crippen LogP contribution in [0.5, 0.6) is 0 Å². The van der Waals surface area contributed by atoms with Crippen LogP contribution in [0.15, 0.2) is 0 Å². The van der Waals surface area contributed by atoms with Gasteiger partial charge in [-0.15, -0.1) is 0 Å². The maximum Gasteiger partial charge on any atom is -0.0443 e. The van der Waals surface area contributed by atoms with Gasteiger partial charge in [0.05, 0.1) is 0 Å². The van der Waals surface area contributed by atoms with Gasteiger partial charge in [-0.05, 0) is 5.92 Å². The molecular weight excluding hydrogens is 228 g/mol. The van der Waals surface area contributed by atoms with Gasteiger partial charge in [0.2, 0.25) is 0 Å². The summed E-state index contributed by atoms with van der Waals surface area (Å²) in [6.07, 6.45) is 21.2. The first-order valence-corrected chi connectivity index (χ1v) is 9.10. The molecule has 0 aliphatic heterocycles. The van der Waals surface area contributed by atoms with Crippen molar-refractivity contribution in [2.75, 3.05) is 0 Å². The highest BCUT2D eigenvalue weighted by Crippen LogP contribution is 2.18. The highest BCUT2D eigenvalue weighted by atomic mass is 14.1. The zero-order valence-electron chi connectivity index (χ0n) is 13.9. The second kappa shape index (κ2) is 16.1. The third-order valence-corrected chi connectivity index (χ3v) is 4.25. The average molecular weight is 268 g/mol. The molecule has 19 heavy (non-hydrogen) atoms. The summed E-state index contributed by atoms with van der Waals surface area (Å²) in [6.45, 7) is 8.64. The fraction of sp³-hybridized carbons (Fsp3) is 0.947. The highest BCUT2D eigenvalue weighted by Gasteiger charge is 2.01. The second-order valence-corrected chi connectivity index (χ2v) is 6.43. The second-order valence-electron chi connectivity index (χ2n) is 6.43. The molecule has 0 aliphatic carbocycles. The topological polar surface area (TPSA) is 0 Å². The van der Waals surface area contributed by atoms with Crippen molar-refractivity contribution in [2.24, 2.45) is 5.92 Å². The minimum Gasteiger partial charge on any atom is -0.0654 e. The smallest absolute Gasteiger partial charge is 0.0443 e. The van der Waals surface area contributed by atoms with Gasteiger partial charge in [0, 0.05) is 0 Å². The van der Waals surface area contributed by atoms with E-state index in [1.54, 1.807) is 0 Å². The Balaban J connectivity index is 3.10. The van der Waals surface area contributed by atoms with Crippen LogP contribution >= 0.6 is 0 Å². The predicted molar refractivity (Wildman–Crippen MR) is 89.5 cm³/mol. The standard InChI is InChI=1S/C19H39/c1-4-6-8-10-12-14-16-18-19(3)17-15-13-11-9-7-5-2/h19H,2,4-18H2,1,3H3. The zero-order chi connectivity index (χ0) is 14.2. The molecule has 0 fully saturated rings.